The third-order valence-electron chi connectivity index (χ3n) is 3.25. The number of rotatable bonds is 8. The van der Waals surface area contributed by atoms with E-state index < -0.39 is 0 Å². The third kappa shape index (κ3) is 5.58. The number of carbonyl (C=O) groups excluding carboxylic acids is 1. The first-order chi connectivity index (χ1) is 11.2. The van der Waals surface area contributed by atoms with Gasteiger partial charge in [0.2, 0.25) is 11.9 Å². The van der Waals surface area contributed by atoms with Gasteiger partial charge in [-0.3, -0.25) is 4.79 Å². The highest BCUT2D eigenvalue weighted by Crippen LogP contribution is 2.19. The van der Waals surface area contributed by atoms with Crippen LogP contribution in [0.4, 0.5) is 5.95 Å². The number of ether oxygens (including phenoxy) is 1. The number of aromatic nitrogens is 2. The zero-order valence-electron chi connectivity index (χ0n) is 13.5. The summed E-state index contributed by atoms with van der Waals surface area (Å²) in [4.78, 5) is 20.1. The van der Waals surface area contributed by atoms with E-state index in [0.717, 1.165) is 11.3 Å². The first-order valence-corrected chi connectivity index (χ1v) is 7.72. The van der Waals surface area contributed by atoms with E-state index in [4.69, 9.17) is 4.74 Å². The SMILES string of the molecule is CCOc1cccc([C@@H](C)NC(=O)CCNc2ncccn2)c1. The minimum atomic E-state index is -0.0733. The molecule has 0 spiro atoms. The van der Waals surface area contributed by atoms with Gasteiger partial charge in [-0.2, -0.15) is 0 Å². The van der Waals surface area contributed by atoms with Crippen molar-refractivity contribution in [2.75, 3.05) is 18.5 Å². The van der Waals surface area contributed by atoms with Gasteiger partial charge in [-0.15, -0.1) is 0 Å². The van der Waals surface area contributed by atoms with Crippen LogP contribution in [0.25, 0.3) is 0 Å². The highest BCUT2D eigenvalue weighted by molar-refractivity contribution is 5.76. The molecule has 0 aliphatic carbocycles. The molecule has 0 aliphatic heterocycles. The van der Waals surface area contributed by atoms with Gasteiger partial charge in [0.15, 0.2) is 0 Å². The van der Waals surface area contributed by atoms with Crippen LogP contribution in [0.2, 0.25) is 0 Å². The van der Waals surface area contributed by atoms with Crippen LogP contribution < -0.4 is 15.4 Å². The summed E-state index contributed by atoms with van der Waals surface area (Å²) >= 11 is 0. The summed E-state index contributed by atoms with van der Waals surface area (Å²) in [5, 5.41) is 5.99. The Balaban J connectivity index is 1.79. The Kier molecular flexibility index (Phi) is 6.35. The first kappa shape index (κ1) is 16.7. The normalized spacial score (nSPS) is 11.6. The summed E-state index contributed by atoms with van der Waals surface area (Å²) in [6.45, 7) is 5.01. The Morgan fingerprint density at radius 1 is 1.26 bits per heavy atom. The lowest BCUT2D eigenvalue weighted by atomic mass is 10.1. The zero-order valence-corrected chi connectivity index (χ0v) is 13.5. The van der Waals surface area contributed by atoms with Gasteiger partial charge in [-0.25, -0.2) is 9.97 Å². The lowest BCUT2D eigenvalue weighted by molar-refractivity contribution is -0.121. The second-order valence-electron chi connectivity index (χ2n) is 5.04. The molecule has 1 atom stereocenters. The maximum Gasteiger partial charge on any atom is 0.222 e. The second kappa shape index (κ2) is 8.73. The summed E-state index contributed by atoms with van der Waals surface area (Å²) in [5.74, 6) is 1.31. The molecule has 23 heavy (non-hydrogen) atoms. The Hall–Kier alpha value is -2.63. The molecule has 6 nitrogen and oxygen atoms in total. The van der Waals surface area contributed by atoms with Crippen LogP contribution in [0.5, 0.6) is 5.75 Å². The molecule has 0 aliphatic rings. The number of carbonyl (C=O) groups is 1. The van der Waals surface area contributed by atoms with Crippen molar-refractivity contribution >= 4 is 11.9 Å². The van der Waals surface area contributed by atoms with Crippen molar-refractivity contribution in [3.8, 4) is 5.75 Å². The predicted molar refractivity (Wildman–Crippen MR) is 89.3 cm³/mol. The molecule has 1 aromatic heterocycles. The van der Waals surface area contributed by atoms with E-state index in [0.29, 0.717) is 25.5 Å². The molecular formula is C17H22N4O2. The Morgan fingerprint density at radius 2 is 2.04 bits per heavy atom. The molecule has 0 saturated carbocycles. The molecule has 1 amide bonds. The molecule has 2 rings (SSSR count). The smallest absolute Gasteiger partial charge is 0.222 e. The minimum absolute atomic E-state index is 0.0252. The molecule has 122 valence electrons. The van der Waals surface area contributed by atoms with Crippen LogP contribution in [-0.2, 0) is 4.79 Å². The number of hydrogen-bond donors (Lipinski definition) is 2. The molecule has 2 N–H and O–H groups in total. The largest absolute Gasteiger partial charge is 0.494 e. The van der Waals surface area contributed by atoms with Gasteiger partial charge < -0.3 is 15.4 Å². The number of benzene rings is 1. The van der Waals surface area contributed by atoms with Crippen molar-refractivity contribution in [1.29, 1.82) is 0 Å². The van der Waals surface area contributed by atoms with Crippen molar-refractivity contribution in [1.82, 2.24) is 15.3 Å². The molecule has 0 fully saturated rings. The van der Waals surface area contributed by atoms with Gasteiger partial charge in [-0.05, 0) is 37.6 Å². The Bertz CT molecular complexity index is 619. The molecule has 6 heteroatoms. The quantitative estimate of drug-likeness (QED) is 0.783. The maximum absolute atomic E-state index is 12.0. The van der Waals surface area contributed by atoms with Crippen LogP contribution in [0, 0.1) is 0 Å². The lowest BCUT2D eigenvalue weighted by Crippen LogP contribution is -2.28. The monoisotopic (exact) mass is 314 g/mol. The van der Waals surface area contributed by atoms with Crippen molar-refractivity contribution in [3.05, 3.63) is 48.3 Å². The highest BCUT2D eigenvalue weighted by atomic mass is 16.5. The van der Waals surface area contributed by atoms with Gasteiger partial charge in [0.25, 0.3) is 0 Å². The summed E-state index contributed by atoms with van der Waals surface area (Å²) in [6.07, 6.45) is 3.67. The molecular weight excluding hydrogens is 292 g/mol. The predicted octanol–water partition coefficient (Wildman–Crippen LogP) is 2.55. The summed E-state index contributed by atoms with van der Waals surface area (Å²) in [5.41, 5.74) is 1.02. The molecule has 2 aromatic rings. The molecule has 1 heterocycles. The molecule has 0 radical (unpaired) electrons. The van der Waals surface area contributed by atoms with E-state index in [9.17, 15) is 4.79 Å². The summed E-state index contributed by atoms with van der Waals surface area (Å²) in [7, 11) is 0. The average molecular weight is 314 g/mol. The fraction of sp³-hybridized carbons (Fsp3) is 0.353. The van der Waals surface area contributed by atoms with Crippen molar-refractivity contribution in [3.63, 3.8) is 0 Å². The standard InChI is InChI=1S/C17H22N4O2/c1-3-23-15-7-4-6-14(12-15)13(2)21-16(22)8-11-20-17-18-9-5-10-19-17/h4-7,9-10,12-13H,3,8,11H2,1-2H3,(H,21,22)(H,18,19,20)/t13-/m1/s1. The molecule has 0 bridgehead atoms. The number of hydrogen-bond acceptors (Lipinski definition) is 5. The van der Waals surface area contributed by atoms with E-state index in [1.54, 1.807) is 18.5 Å². The van der Waals surface area contributed by atoms with E-state index in [1.807, 2.05) is 38.1 Å². The van der Waals surface area contributed by atoms with Gasteiger partial charge in [0.05, 0.1) is 12.6 Å². The average Bonchev–Trinajstić information content (AvgIpc) is 2.56. The third-order valence-corrected chi connectivity index (χ3v) is 3.25. The van der Waals surface area contributed by atoms with Gasteiger partial charge >= 0.3 is 0 Å². The fourth-order valence-corrected chi connectivity index (χ4v) is 2.12. The van der Waals surface area contributed by atoms with Gasteiger partial charge in [-0.1, -0.05) is 12.1 Å². The van der Waals surface area contributed by atoms with Crippen LogP contribution in [0.3, 0.4) is 0 Å². The Morgan fingerprint density at radius 3 is 2.78 bits per heavy atom. The minimum Gasteiger partial charge on any atom is -0.494 e. The first-order valence-electron chi connectivity index (χ1n) is 7.72. The molecule has 0 saturated heterocycles. The zero-order chi connectivity index (χ0) is 16.5. The van der Waals surface area contributed by atoms with Gasteiger partial charge in [0, 0.05) is 25.4 Å². The fourth-order valence-electron chi connectivity index (χ4n) is 2.12. The topological polar surface area (TPSA) is 76.1 Å². The molecule has 1 aromatic carbocycles. The number of amides is 1. The Labute approximate surface area is 136 Å². The van der Waals surface area contributed by atoms with Crippen LogP contribution in [0.15, 0.2) is 42.7 Å². The van der Waals surface area contributed by atoms with E-state index in [2.05, 4.69) is 20.6 Å². The van der Waals surface area contributed by atoms with Crippen molar-refractivity contribution in [2.45, 2.75) is 26.3 Å². The van der Waals surface area contributed by atoms with Gasteiger partial charge in [0.1, 0.15) is 5.75 Å². The lowest BCUT2D eigenvalue weighted by Gasteiger charge is -2.15. The van der Waals surface area contributed by atoms with Crippen LogP contribution in [-0.4, -0.2) is 29.0 Å². The summed E-state index contributed by atoms with van der Waals surface area (Å²) in [6, 6.07) is 9.43. The van der Waals surface area contributed by atoms with Crippen molar-refractivity contribution in [2.24, 2.45) is 0 Å². The van der Waals surface area contributed by atoms with Crippen molar-refractivity contribution < 1.29 is 9.53 Å². The second-order valence-corrected chi connectivity index (χ2v) is 5.04. The van der Waals surface area contributed by atoms with E-state index in [-0.39, 0.29) is 11.9 Å². The maximum atomic E-state index is 12.0. The number of anilines is 1. The number of nitrogens with one attached hydrogen (secondary N) is 2. The van der Waals surface area contributed by atoms with Crippen LogP contribution >= 0.6 is 0 Å². The van der Waals surface area contributed by atoms with E-state index >= 15 is 0 Å². The van der Waals surface area contributed by atoms with Crippen LogP contribution in [0.1, 0.15) is 31.9 Å². The number of nitrogens with zero attached hydrogens (tertiary/aromatic N) is 2. The highest BCUT2D eigenvalue weighted by Gasteiger charge is 2.10. The summed E-state index contributed by atoms with van der Waals surface area (Å²) < 4.78 is 5.48. The van der Waals surface area contributed by atoms with E-state index in [1.165, 1.54) is 0 Å². The molecule has 0 unspecified atom stereocenters.